The Labute approximate surface area is 161 Å². The molecule has 7 nitrogen and oxygen atoms in total. The van der Waals surface area contributed by atoms with Gasteiger partial charge in [0, 0.05) is 6.20 Å². The first-order valence-corrected chi connectivity index (χ1v) is 8.46. The van der Waals surface area contributed by atoms with Crippen LogP contribution in [0.5, 0.6) is 17.2 Å². The summed E-state index contributed by atoms with van der Waals surface area (Å²) in [7, 11) is 3.06. The van der Waals surface area contributed by atoms with Gasteiger partial charge in [0.1, 0.15) is 5.82 Å². The van der Waals surface area contributed by atoms with E-state index in [-0.39, 0.29) is 18.1 Å². The number of amides is 1. The standard InChI is InChI=1S/C20H20FN3O4/c1-13-7-8-14(21)16(11-13)22-20(25)15-9-10-24(23-15)12-28-19-17(26-2)5-4-6-18(19)27-3/h4-11H,12H2,1-3H3,(H,22,25). The van der Waals surface area contributed by atoms with E-state index in [0.717, 1.165) is 5.56 Å². The highest BCUT2D eigenvalue weighted by Gasteiger charge is 2.14. The fraction of sp³-hybridized carbons (Fsp3) is 0.200. The Morgan fingerprint density at radius 2 is 1.86 bits per heavy atom. The van der Waals surface area contributed by atoms with E-state index in [9.17, 15) is 9.18 Å². The molecule has 1 amide bonds. The lowest BCUT2D eigenvalue weighted by atomic mass is 10.2. The van der Waals surface area contributed by atoms with E-state index in [2.05, 4.69) is 10.4 Å². The van der Waals surface area contributed by atoms with Crippen LogP contribution in [-0.2, 0) is 6.73 Å². The summed E-state index contributed by atoms with van der Waals surface area (Å²) in [5.41, 5.74) is 1.08. The molecule has 2 aromatic carbocycles. The summed E-state index contributed by atoms with van der Waals surface area (Å²) in [4.78, 5) is 12.3. The van der Waals surface area contributed by atoms with Crippen LogP contribution in [0.25, 0.3) is 0 Å². The molecule has 0 atom stereocenters. The summed E-state index contributed by atoms with van der Waals surface area (Å²) in [6.45, 7) is 1.84. The molecule has 0 saturated carbocycles. The third-order valence-electron chi connectivity index (χ3n) is 3.97. The van der Waals surface area contributed by atoms with Crippen molar-refractivity contribution in [2.75, 3.05) is 19.5 Å². The van der Waals surface area contributed by atoms with Crippen molar-refractivity contribution < 1.29 is 23.4 Å². The van der Waals surface area contributed by atoms with Crippen molar-refractivity contribution in [1.29, 1.82) is 0 Å². The van der Waals surface area contributed by atoms with Gasteiger partial charge in [0.15, 0.2) is 23.9 Å². The van der Waals surface area contributed by atoms with Crippen molar-refractivity contribution in [1.82, 2.24) is 9.78 Å². The van der Waals surface area contributed by atoms with Gasteiger partial charge in [-0.25, -0.2) is 9.07 Å². The Hall–Kier alpha value is -3.55. The molecule has 1 N–H and O–H groups in total. The largest absolute Gasteiger partial charge is 0.493 e. The van der Waals surface area contributed by atoms with Gasteiger partial charge in [-0.3, -0.25) is 4.79 Å². The molecule has 0 fully saturated rings. The third-order valence-corrected chi connectivity index (χ3v) is 3.97. The zero-order chi connectivity index (χ0) is 20.1. The zero-order valence-electron chi connectivity index (χ0n) is 15.7. The van der Waals surface area contributed by atoms with Crippen molar-refractivity contribution in [2.24, 2.45) is 0 Å². The Morgan fingerprint density at radius 3 is 2.54 bits per heavy atom. The number of benzene rings is 2. The second-order valence-corrected chi connectivity index (χ2v) is 5.94. The lowest BCUT2D eigenvalue weighted by Gasteiger charge is -2.13. The predicted molar refractivity (Wildman–Crippen MR) is 101 cm³/mol. The van der Waals surface area contributed by atoms with Gasteiger partial charge in [-0.1, -0.05) is 12.1 Å². The van der Waals surface area contributed by atoms with Crippen molar-refractivity contribution in [2.45, 2.75) is 13.7 Å². The second-order valence-electron chi connectivity index (χ2n) is 5.94. The molecule has 0 radical (unpaired) electrons. The highest BCUT2D eigenvalue weighted by Crippen LogP contribution is 2.36. The van der Waals surface area contributed by atoms with Crippen molar-refractivity contribution in [3.05, 3.63) is 65.7 Å². The van der Waals surface area contributed by atoms with Crippen LogP contribution >= 0.6 is 0 Å². The topological polar surface area (TPSA) is 74.6 Å². The first kappa shape index (κ1) is 19.2. The summed E-state index contributed by atoms with van der Waals surface area (Å²) in [5, 5.41) is 6.68. The normalized spacial score (nSPS) is 10.4. The Balaban J connectivity index is 1.69. The van der Waals surface area contributed by atoms with Crippen LogP contribution in [0, 0.1) is 12.7 Å². The molecule has 146 valence electrons. The van der Waals surface area contributed by atoms with Crippen molar-refractivity contribution in [3.63, 3.8) is 0 Å². The summed E-state index contributed by atoms with van der Waals surface area (Å²) < 4.78 is 31.5. The number of aromatic nitrogens is 2. The van der Waals surface area contributed by atoms with E-state index in [0.29, 0.717) is 17.2 Å². The summed E-state index contributed by atoms with van der Waals surface area (Å²) in [5.74, 6) is 0.428. The van der Waals surface area contributed by atoms with Gasteiger partial charge >= 0.3 is 0 Å². The lowest BCUT2D eigenvalue weighted by molar-refractivity contribution is 0.101. The van der Waals surface area contributed by atoms with E-state index in [1.54, 1.807) is 36.5 Å². The molecule has 28 heavy (non-hydrogen) atoms. The van der Waals surface area contributed by atoms with Crippen LogP contribution in [0.15, 0.2) is 48.7 Å². The molecule has 8 heteroatoms. The maximum absolute atomic E-state index is 13.8. The quantitative estimate of drug-likeness (QED) is 0.672. The molecule has 0 bridgehead atoms. The molecular formula is C20H20FN3O4. The van der Waals surface area contributed by atoms with Crippen molar-refractivity contribution >= 4 is 11.6 Å². The number of halogens is 1. The SMILES string of the molecule is COc1cccc(OC)c1OCn1ccc(C(=O)Nc2cc(C)ccc2F)n1. The molecule has 0 unspecified atom stereocenters. The average molecular weight is 385 g/mol. The van der Waals surface area contributed by atoms with Crippen LogP contribution in [-0.4, -0.2) is 29.9 Å². The highest BCUT2D eigenvalue weighted by molar-refractivity contribution is 6.02. The minimum Gasteiger partial charge on any atom is -0.493 e. The molecule has 0 spiro atoms. The number of hydrogen-bond donors (Lipinski definition) is 1. The van der Waals surface area contributed by atoms with Crippen LogP contribution in [0.4, 0.5) is 10.1 Å². The average Bonchev–Trinajstić information content (AvgIpc) is 3.18. The predicted octanol–water partition coefficient (Wildman–Crippen LogP) is 3.64. The number of methoxy groups -OCH3 is 2. The fourth-order valence-electron chi connectivity index (χ4n) is 2.57. The maximum Gasteiger partial charge on any atom is 0.276 e. The van der Waals surface area contributed by atoms with Crippen LogP contribution in [0.2, 0.25) is 0 Å². The zero-order valence-corrected chi connectivity index (χ0v) is 15.7. The van der Waals surface area contributed by atoms with Crippen LogP contribution < -0.4 is 19.5 Å². The van der Waals surface area contributed by atoms with E-state index in [1.165, 1.54) is 31.0 Å². The smallest absolute Gasteiger partial charge is 0.276 e. The number of anilines is 1. The first-order chi connectivity index (χ1) is 13.5. The summed E-state index contributed by atoms with van der Waals surface area (Å²) >= 11 is 0. The number of nitrogens with one attached hydrogen (secondary N) is 1. The van der Waals surface area contributed by atoms with Crippen LogP contribution in [0.3, 0.4) is 0 Å². The van der Waals surface area contributed by atoms with Crippen molar-refractivity contribution in [3.8, 4) is 17.2 Å². The molecule has 0 saturated heterocycles. The van der Waals surface area contributed by atoms with E-state index in [1.807, 2.05) is 6.92 Å². The number of hydrogen-bond acceptors (Lipinski definition) is 5. The summed E-state index contributed by atoms with van der Waals surface area (Å²) in [6.07, 6.45) is 1.59. The summed E-state index contributed by atoms with van der Waals surface area (Å²) in [6, 6.07) is 11.3. The van der Waals surface area contributed by atoms with Gasteiger partial charge in [-0.05, 0) is 42.8 Å². The number of carbonyl (C=O) groups excluding carboxylic acids is 1. The molecular weight excluding hydrogens is 365 g/mol. The number of nitrogens with zero attached hydrogens (tertiary/aromatic N) is 2. The number of para-hydroxylation sites is 1. The first-order valence-electron chi connectivity index (χ1n) is 8.46. The second kappa shape index (κ2) is 8.43. The number of ether oxygens (including phenoxy) is 3. The van der Waals surface area contributed by atoms with Gasteiger partial charge in [0.05, 0.1) is 19.9 Å². The minimum atomic E-state index is -0.516. The molecule has 3 rings (SSSR count). The molecule has 1 aromatic heterocycles. The fourth-order valence-corrected chi connectivity index (χ4v) is 2.57. The van der Waals surface area contributed by atoms with Gasteiger partial charge in [-0.2, -0.15) is 5.10 Å². The van der Waals surface area contributed by atoms with E-state index in [4.69, 9.17) is 14.2 Å². The Bertz CT molecular complexity index is 965. The molecule has 0 aliphatic rings. The maximum atomic E-state index is 13.8. The Morgan fingerprint density at radius 1 is 1.14 bits per heavy atom. The van der Waals surface area contributed by atoms with E-state index >= 15 is 0 Å². The van der Waals surface area contributed by atoms with Gasteiger partial charge < -0.3 is 19.5 Å². The number of aryl methyl sites for hydroxylation is 1. The van der Waals surface area contributed by atoms with Gasteiger partial charge in [0.25, 0.3) is 5.91 Å². The third kappa shape index (κ3) is 4.22. The lowest BCUT2D eigenvalue weighted by Crippen LogP contribution is -2.15. The molecule has 0 aliphatic heterocycles. The molecule has 1 heterocycles. The molecule has 3 aromatic rings. The monoisotopic (exact) mass is 385 g/mol. The number of rotatable bonds is 7. The Kier molecular flexibility index (Phi) is 5.78. The highest BCUT2D eigenvalue weighted by atomic mass is 19.1. The van der Waals surface area contributed by atoms with E-state index < -0.39 is 11.7 Å². The van der Waals surface area contributed by atoms with Gasteiger partial charge in [-0.15, -0.1) is 0 Å². The minimum absolute atomic E-state index is 0.0306. The molecule has 0 aliphatic carbocycles. The van der Waals surface area contributed by atoms with Gasteiger partial charge in [0.2, 0.25) is 5.75 Å². The van der Waals surface area contributed by atoms with Crippen LogP contribution in [0.1, 0.15) is 16.1 Å². The number of carbonyl (C=O) groups is 1.